The number of esters is 1. The Morgan fingerprint density at radius 3 is 2.68 bits per heavy atom. The van der Waals surface area contributed by atoms with Gasteiger partial charge < -0.3 is 9.64 Å². The molecule has 0 aromatic heterocycles. The molecule has 0 amide bonds. The first-order valence-corrected chi connectivity index (χ1v) is 6.21. The fourth-order valence-electron chi connectivity index (χ4n) is 2.16. The molecule has 0 saturated carbocycles. The Morgan fingerprint density at radius 1 is 1.37 bits per heavy atom. The summed E-state index contributed by atoms with van der Waals surface area (Å²) >= 11 is 0. The number of Topliss-reactive ketones (excluding diaryl/α,β-unsaturated/α-hetero) is 1. The molecule has 0 spiro atoms. The third-order valence-corrected chi connectivity index (χ3v) is 3.11. The zero-order valence-corrected chi connectivity index (χ0v) is 11.7. The molecule has 1 fully saturated rings. The summed E-state index contributed by atoms with van der Waals surface area (Å²) in [6.45, 7) is 3.15. The minimum Gasteiger partial charge on any atom is -0.465 e. The Kier molecular flexibility index (Phi) is 5.83. The van der Waals surface area contributed by atoms with Crippen LogP contribution < -0.4 is 4.90 Å². The summed E-state index contributed by atoms with van der Waals surface area (Å²) in [6.07, 6.45) is 0.401. The highest BCUT2D eigenvalue weighted by Gasteiger charge is 2.33. The summed E-state index contributed by atoms with van der Waals surface area (Å²) in [5.41, 5.74) is 1.04. The van der Waals surface area contributed by atoms with Gasteiger partial charge in [0.25, 0.3) is 0 Å². The van der Waals surface area contributed by atoms with E-state index in [1.807, 2.05) is 30.3 Å². The van der Waals surface area contributed by atoms with Crippen LogP contribution in [0.3, 0.4) is 0 Å². The molecule has 19 heavy (non-hydrogen) atoms. The summed E-state index contributed by atoms with van der Waals surface area (Å²) in [7, 11) is 0. The van der Waals surface area contributed by atoms with Crippen LogP contribution in [-0.4, -0.2) is 31.4 Å². The van der Waals surface area contributed by atoms with Gasteiger partial charge in [-0.05, 0) is 19.1 Å². The highest BCUT2D eigenvalue weighted by atomic mass is 35.5. The third kappa shape index (κ3) is 3.70. The number of hydrogen-bond donors (Lipinski definition) is 0. The number of rotatable bonds is 3. The number of piperidine rings is 1. The topological polar surface area (TPSA) is 46.6 Å². The number of benzene rings is 1. The van der Waals surface area contributed by atoms with E-state index >= 15 is 0 Å². The summed E-state index contributed by atoms with van der Waals surface area (Å²) in [4.78, 5) is 25.5. The highest BCUT2D eigenvalue weighted by Crippen LogP contribution is 2.21. The second-order valence-corrected chi connectivity index (χ2v) is 4.30. The second kappa shape index (κ2) is 7.14. The average Bonchev–Trinajstić information content (AvgIpc) is 2.40. The molecule has 5 heteroatoms. The lowest BCUT2D eigenvalue weighted by Gasteiger charge is -2.32. The van der Waals surface area contributed by atoms with Crippen molar-refractivity contribution in [2.45, 2.75) is 13.3 Å². The summed E-state index contributed by atoms with van der Waals surface area (Å²) in [6, 6.07) is 9.81. The monoisotopic (exact) mass is 283 g/mol. The molecule has 2 rings (SSSR count). The van der Waals surface area contributed by atoms with E-state index in [9.17, 15) is 9.59 Å². The molecule has 1 aromatic rings. The quantitative estimate of drug-likeness (QED) is 0.629. The lowest BCUT2D eigenvalue weighted by Crippen LogP contribution is -2.45. The minimum absolute atomic E-state index is 0. The van der Waals surface area contributed by atoms with Crippen LogP contribution in [0.2, 0.25) is 0 Å². The first-order valence-electron chi connectivity index (χ1n) is 6.21. The van der Waals surface area contributed by atoms with E-state index in [1.165, 1.54) is 0 Å². The first-order chi connectivity index (χ1) is 8.72. The Bertz CT molecular complexity index is 436. The maximum absolute atomic E-state index is 11.8. The van der Waals surface area contributed by atoms with Gasteiger partial charge in [-0.1, -0.05) is 18.2 Å². The molecule has 1 aromatic carbocycles. The molecule has 1 heterocycles. The van der Waals surface area contributed by atoms with Gasteiger partial charge in [0.15, 0.2) is 5.78 Å². The van der Waals surface area contributed by atoms with E-state index in [1.54, 1.807) is 6.92 Å². The Hall–Kier alpha value is -1.55. The van der Waals surface area contributed by atoms with E-state index in [0.29, 0.717) is 26.1 Å². The maximum Gasteiger partial charge on any atom is 0.318 e. The molecule has 0 aliphatic carbocycles. The first kappa shape index (κ1) is 15.5. The number of carbonyl (C=O) groups is 2. The van der Waals surface area contributed by atoms with Crippen LogP contribution in [0.4, 0.5) is 5.69 Å². The molecule has 0 radical (unpaired) electrons. The zero-order valence-electron chi connectivity index (χ0n) is 10.9. The van der Waals surface area contributed by atoms with E-state index in [2.05, 4.69) is 4.90 Å². The number of anilines is 1. The van der Waals surface area contributed by atoms with Crippen LogP contribution in [0, 0.1) is 5.92 Å². The van der Waals surface area contributed by atoms with Crippen molar-refractivity contribution in [1.82, 2.24) is 0 Å². The molecule has 104 valence electrons. The van der Waals surface area contributed by atoms with Gasteiger partial charge in [0.05, 0.1) is 6.61 Å². The lowest BCUT2D eigenvalue weighted by molar-refractivity contribution is -0.151. The lowest BCUT2D eigenvalue weighted by atomic mass is 9.96. The van der Waals surface area contributed by atoms with E-state index in [0.717, 1.165) is 5.69 Å². The summed E-state index contributed by atoms with van der Waals surface area (Å²) in [5, 5.41) is 0. The predicted octanol–water partition coefficient (Wildman–Crippen LogP) is 2.07. The van der Waals surface area contributed by atoms with Gasteiger partial charge in [-0.15, -0.1) is 12.4 Å². The van der Waals surface area contributed by atoms with Crippen molar-refractivity contribution in [2.24, 2.45) is 5.92 Å². The van der Waals surface area contributed by atoms with Gasteiger partial charge >= 0.3 is 5.97 Å². The molecule has 1 aliphatic heterocycles. The van der Waals surface area contributed by atoms with Crippen molar-refractivity contribution in [3.63, 3.8) is 0 Å². The standard InChI is InChI=1S/C14H17NO3.ClH/c1-2-18-14(17)12-10-15(9-8-13(12)16)11-6-4-3-5-7-11;/h3-7,12H,2,8-10H2,1H3;1H. The van der Waals surface area contributed by atoms with Gasteiger partial charge in [-0.25, -0.2) is 0 Å². The Morgan fingerprint density at radius 2 is 2.05 bits per heavy atom. The maximum atomic E-state index is 11.8. The number of hydrogen-bond acceptors (Lipinski definition) is 4. The van der Waals surface area contributed by atoms with Crippen LogP contribution in [0.15, 0.2) is 30.3 Å². The van der Waals surface area contributed by atoms with E-state index in [-0.39, 0.29) is 18.2 Å². The van der Waals surface area contributed by atoms with Crippen molar-refractivity contribution >= 4 is 29.8 Å². The largest absolute Gasteiger partial charge is 0.465 e. The molecule has 1 saturated heterocycles. The Balaban J connectivity index is 0.00000180. The Labute approximate surface area is 119 Å². The zero-order chi connectivity index (χ0) is 13.0. The number of para-hydroxylation sites is 1. The average molecular weight is 284 g/mol. The molecule has 4 nitrogen and oxygen atoms in total. The van der Waals surface area contributed by atoms with E-state index in [4.69, 9.17) is 4.74 Å². The van der Waals surface area contributed by atoms with Crippen molar-refractivity contribution < 1.29 is 14.3 Å². The molecular weight excluding hydrogens is 266 g/mol. The van der Waals surface area contributed by atoms with Gasteiger partial charge in [-0.3, -0.25) is 9.59 Å². The number of nitrogens with zero attached hydrogens (tertiary/aromatic N) is 1. The fraction of sp³-hybridized carbons (Fsp3) is 0.429. The summed E-state index contributed by atoms with van der Waals surface area (Å²) < 4.78 is 4.95. The van der Waals surface area contributed by atoms with Crippen molar-refractivity contribution in [3.05, 3.63) is 30.3 Å². The van der Waals surface area contributed by atoms with Crippen molar-refractivity contribution in [1.29, 1.82) is 0 Å². The normalized spacial score (nSPS) is 18.7. The molecule has 0 bridgehead atoms. The summed E-state index contributed by atoms with van der Waals surface area (Å²) in [5.74, 6) is -1.05. The fourth-order valence-corrected chi connectivity index (χ4v) is 2.16. The molecular formula is C14H18ClNO3. The van der Waals surface area contributed by atoms with Crippen LogP contribution in [0.25, 0.3) is 0 Å². The van der Waals surface area contributed by atoms with E-state index < -0.39 is 11.9 Å². The van der Waals surface area contributed by atoms with Crippen LogP contribution in [-0.2, 0) is 14.3 Å². The predicted molar refractivity (Wildman–Crippen MR) is 75.7 cm³/mol. The number of ether oxygens (including phenoxy) is 1. The van der Waals surface area contributed by atoms with Crippen LogP contribution in [0.5, 0.6) is 0 Å². The minimum atomic E-state index is -0.640. The molecule has 0 N–H and O–H groups in total. The molecule has 1 atom stereocenters. The van der Waals surface area contributed by atoms with Crippen LogP contribution in [0.1, 0.15) is 13.3 Å². The number of halogens is 1. The van der Waals surface area contributed by atoms with Crippen molar-refractivity contribution in [3.8, 4) is 0 Å². The third-order valence-electron chi connectivity index (χ3n) is 3.11. The van der Waals surface area contributed by atoms with Gasteiger partial charge in [0.1, 0.15) is 5.92 Å². The molecule has 1 unspecified atom stereocenters. The second-order valence-electron chi connectivity index (χ2n) is 4.30. The van der Waals surface area contributed by atoms with Gasteiger partial charge in [0, 0.05) is 25.2 Å². The van der Waals surface area contributed by atoms with Crippen molar-refractivity contribution in [2.75, 3.05) is 24.6 Å². The molecule has 1 aliphatic rings. The SMILES string of the molecule is CCOC(=O)C1CN(c2ccccc2)CCC1=O.Cl. The van der Waals surface area contributed by atoms with Gasteiger partial charge in [-0.2, -0.15) is 0 Å². The van der Waals surface area contributed by atoms with Crippen LogP contribution >= 0.6 is 12.4 Å². The van der Waals surface area contributed by atoms with Gasteiger partial charge in [0.2, 0.25) is 0 Å². The highest BCUT2D eigenvalue weighted by molar-refractivity contribution is 6.00. The number of carbonyl (C=O) groups excluding carboxylic acids is 2. The smallest absolute Gasteiger partial charge is 0.318 e. The number of ketones is 1.